The standard InChI is InChI=1S/C18H18BrNO2S/c1-2-11-20-12-18(16-5-3-4-6-17(16)20)23(21,22)13-14-7-9-15(19)10-8-14/h3-10,12H,2,11,13H2,1H3. The highest BCUT2D eigenvalue weighted by Crippen LogP contribution is 2.28. The van der Waals surface area contributed by atoms with Crippen LogP contribution >= 0.6 is 15.9 Å². The number of rotatable bonds is 5. The number of nitrogens with zero attached hydrogens (tertiary/aromatic N) is 1. The summed E-state index contributed by atoms with van der Waals surface area (Å²) in [5, 5.41) is 0.804. The molecule has 0 aliphatic rings. The van der Waals surface area contributed by atoms with Gasteiger partial charge in [-0.1, -0.05) is 53.2 Å². The molecule has 1 heterocycles. The van der Waals surface area contributed by atoms with Crippen molar-refractivity contribution in [1.82, 2.24) is 4.57 Å². The number of hydrogen-bond acceptors (Lipinski definition) is 2. The molecule has 0 saturated carbocycles. The Balaban J connectivity index is 2.06. The molecule has 120 valence electrons. The minimum Gasteiger partial charge on any atom is -0.346 e. The summed E-state index contributed by atoms with van der Waals surface area (Å²) in [5.74, 6) is 0.0143. The molecule has 0 atom stereocenters. The normalized spacial score (nSPS) is 11.9. The topological polar surface area (TPSA) is 39.1 Å². The van der Waals surface area contributed by atoms with Gasteiger partial charge < -0.3 is 4.57 Å². The summed E-state index contributed by atoms with van der Waals surface area (Å²) in [7, 11) is -3.39. The maximum absolute atomic E-state index is 12.9. The number of sulfone groups is 1. The first-order valence-electron chi connectivity index (χ1n) is 7.56. The Labute approximate surface area is 145 Å². The van der Waals surface area contributed by atoms with Crippen molar-refractivity contribution in [1.29, 1.82) is 0 Å². The van der Waals surface area contributed by atoms with Crippen molar-refractivity contribution in [2.75, 3.05) is 0 Å². The average molecular weight is 392 g/mol. The van der Waals surface area contributed by atoms with E-state index in [0.717, 1.165) is 33.9 Å². The zero-order chi connectivity index (χ0) is 16.4. The number of halogens is 1. The fourth-order valence-electron chi connectivity index (χ4n) is 2.76. The SMILES string of the molecule is CCCn1cc(S(=O)(=O)Cc2ccc(Br)cc2)c2ccccc21. The zero-order valence-electron chi connectivity index (χ0n) is 12.9. The summed E-state index contributed by atoms with van der Waals surface area (Å²) in [5.41, 5.74) is 1.77. The first kappa shape index (κ1) is 16.3. The molecule has 3 aromatic rings. The lowest BCUT2D eigenvalue weighted by Gasteiger charge is -2.04. The average Bonchev–Trinajstić information content (AvgIpc) is 2.90. The van der Waals surface area contributed by atoms with Crippen LogP contribution in [-0.4, -0.2) is 13.0 Å². The molecule has 0 fully saturated rings. The smallest absolute Gasteiger partial charge is 0.184 e. The zero-order valence-corrected chi connectivity index (χ0v) is 15.3. The van der Waals surface area contributed by atoms with Crippen LogP contribution in [0.4, 0.5) is 0 Å². The van der Waals surface area contributed by atoms with Crippen molar-refractivity contribution in [3.8, 4) is 0 Å². The predicted molar refractivity (Wildman–Crippen MR) is 97.3 cm³/mol. The summed E-state index contributed by atoms with van der Waals surface area (Å²) in [4.78, 5) is 0.421. The van der Waals surface area contributed by atoms with Crippen molar-refractivity contribution < 1.29 is 8.42 Å². The van der Waals surface area contributed by atoms with E-state index >= 15 is 0 Å². The van der Waals surface area contributed by atoms with Crippen LogP contribution in [0.15, 0.2) is 64.1 Å². The van der Waals surface area contributed by atoms with E-state index in [0.29, 0.717) is 4.90 Å². The fraction of sp³-hybridized carbons (Fsp3) is 0.222. The summed E-state index contributed by atoms with van der Waals surface area (Å²) in [6.45, 7) is 2.90. The maximum Gasteiger partial charge on any atom is 0.184 e. The van der Waals surface area contributed by atoms with E-state index in [-0.39, 0.29) is 5.75 Å². The van der Waals surface area contributed by atoms with E-state index in [1.54, 1.807) is 6.20 Å². The van der Waals surface area contributed by atoms with Gasteiger partial charge in [0, 0.05) is 28.1 Å². The van der Waals surface area contributed by atoms with Crippen LogP contribution in [0.1, 0.15) is 18.9 Å². The van der Waals surface area contributed by atoms with Gasteiger partial charge in [-0.15, -0.1) is 0 Å². The lowest BCUT2D eigenvalue weighted by molar-refractivity contribution is 0.595. The summed E-state index contributed by atoms with van der Waals surface area (Å²) in [6.07, 6.45) is 2.74. The lowest BCUT2D eigenvalue weighted by atomic mass is 10.2. The molecule has 0 aliphatic heterocycles. The minimum atomic E-state index is -3.39. The Bertz CT molecular complexity index is 927. The molecule has 0 amide bonds. The third-order valence-corrected chi connectivity index (χ3v) is 6.06. The number of fused-ring (bicyclic) bond motifs is 1. The van der Waals surface area contributed by atoms with Crippen molar-refractivity contribution in [3.63, 3.8) is 0 Å². The minimum absolute atomic E-state index is 0.0143. The molecule has 2 aromatic carbocycles. The number of benzene rings is 2. The predicted octanol–water partition coefficient (Wildman–Crippen LogP) is 4.79. The number of para-hydroxylation sites is 1. The summed E-state index contributed by atoms with van der Waals surface area (Å²) >= 11 is 3.37. The molecule has 0 aliphatic carbocycles. The van der Waals surface area contributed by atoms with Gasteiger partial charge in [-0.25, -0.2) is 8.42 Å². The third kappa shape index (κ3) is 3.35. The van der Waals surface area contributed by atoms with E-state index in [9.17, 15) is 8.42 Å². The third-order valence-electron chi connectivity index (χ3n) is 3.82. The molecule has 23 heavy (non-hydrogen) atoms. The van der Waals surface area contributed by atoms with Crippen LogP contribution in [0.3, 0.4) is 0 Å². The van der Waals surface area contributed by atoms with E-state index in [4.69, 9.17) is 0 Å². The first-order valence-corrected chi connectivity index (χ1v) is 10.0. The Morgan fingerprint density at radius 2 is 1.74 bits per heavy atom. The molecule has 3 nitrogen and oxygen atoms in total. The van der Waals surface area contributed by atoms with Crippen LogP contribution < -0.4 is 0 Å². The van der Waals surface area contributed by atoms with Crippen molar-refractivity contribution in [2.45, 2.75) is 30.5 Å². The van der Waals surface area contributed by atoms with Crippen LogP contribution in [0.2, 0.25) is 0 Å². The molecule has 1 aromatic heterocycles. The second kappa shape index (κ2) is 6.49. The first-order chi connectivity index (χ1) is 11.0. The molecule has 3 rings (SSSR count). The molecule has 5 heteroatoms. The van der Waals surface area contributed by atoms with E-state index in [2.05, 4.69) is 22.9 Å². The van der Waals surface area contributed by atoms with E-state index in [1.807, 2.05) is 53.1 Å². The van der Waals surface area contributed by atoms with Gasteiger partial charge in [-0.05, 0) is 30.2 Å². The molecular formula is C18H18BrNO2S. The van der Waals surface area contributed by atoms with Crippen molar-refractivity contribution >= 4 is 36.7 Å². The second-order valence-electron chi connectivity index (χ2n) is 5.59. The van der Waals surface area contributed by atoms with Gasteiger partial charge in [0.2, 0.25) is 0 Å². The number of hydrogen-bond donors (Lipinski definition) is 0. The molecule has 0 spiro atoms. The quantitative estimate of drug-likeness (QED) is 0.627. The highest BCUT2D eigenvalue weighted by molar-refractivity contribution is 9.10. The van der Waals surface area contributed by atoms with Crippen molar-refractivity contribution in [3.05, 3.63) is 64.8 Å². The van der Waals surface area contributed by atoms with Gasteiger partial charge in [0.05, 0.1) is 10.6 Å². The highest BCUT2D eigenvalue weighted by atomic mass is 79.9. The maximum atomic E-state index is 12.9. The van der Waals surface area contributed by atoms with Gasteiger partial charge >= 0.3 is 0 Å². The molecule has 0 N–H and O–H groups in total. The summed E-state index contributed by atoms with van der Waals surface area (Å²) in [6, 6.07) is 15.1. The molecule has 0 unspecified atom stereocenters. The molecule has 0 radical (unpaired) electrons. The van der Waals surface area contributed by atoms with Crippen molar-refractivity contribution in [2.24, 2.45) is 0 Å². The lowest BCUT2D eigenvalue weighted by Crippen LogP contribution is -2.04. The molecule has 0 bridgehead atoms. The van der Waals surface area contributed by atoms with Crippen LogP contribution in [0.25, 0.3) is 10.9 Å². The Morgan fingerprint density at radius 3 is 2.43 bits per heavy atom. The molecule has 0 saturated heterocycles. The summed E-state index contributed by atoms with van der Waals surface area (Å²) < 4.78 is 28.8. The van der Waals surface area contributed by atoms with Crippen LogP contribution in [-0.2, 0) is 22.1 Å². The largest absolute Gasteiger partial charge is 0.346 e. The Hall–Kier alpha value is -1.59. The highest BCUT2D eigenvalue weighted by Gasteiger charge is 2.21. The van der Waals surface area contributed by atoms with Gasteiger partial charge in [0.1, 0.15) is 0 Å². The van der Waals surface area contributed by atoms with Gasteiger partial charge in [-0.2, -0.15) is 0 Å². The monoisotopic (exact) mass is 391 g/mol. The van der Waals surface area contributed by atoms with Gasteiger partial charge in [0.15, 0.2) is 9.84 Å². The van der Waals surface area contributed by atoms with E-state index < -0.39 is 9.84 Å². The van der Waals surface area contributed by atoms with Gasteiger partial charge in [-0.3, -0.25) is 0 Å². The number of aromatic nitrogens is 1. The number of aryl methyl sites for hydroxylation is 1. The molecular weight excluding hydrogens is 374 g/mol. The van der Waals surface area contributed by atoms with E-state index in [1.165, 1.54) is 0 Å². The van der Waals surface area contributed by atoms with Crippen LogP contribution in [0, 0.1) is 0 Å². The fourth-order valence-corrected chi connectivity index (χ4v) is 4.61. The Kier molecular flexibility index (Phi) is 4.60. The van der Waals surface area contributed by atoms with Gasteiger partial charge in [0.25, 0.3) is 0 Å². The second-order valence-corrected chi connectivity index (χ2v) is 8.46. The van der Waals surface area contributed by atoms with Crippen LogP contribution in [0.5, 0.6) is 0 Å². The Morgan fingerprint density at radius 1 is 1.04 bits per heavy atom.